The van der Waals surface area contributed by atoms with Gasteiger partial charge >= 0.3 is 0 Å². The summed E-state index contributed by atoms with van der Waals surface area (Å²) in [7, 11) is -3.25. The van der Waals surface area contributed by atoms with Crippen LogP contribution in [-0.4, -0.2) is 25.9 Å². The number of sulfonamides is 1. The molecule has 1 aromatic carbocycles. The Morgan fingerprint density at radius 1 is 1.28 bits per heavy atom. The van der Waals surface area contributed by atoms with Gasteiger partial charge in [0.1, 0.15) is 6.61 Å². The molecule has 18 heavy (non-hydrogen) atoms. The van der Waals surface area contributed by atoms with Crippen LogP contribution in [-0.2, 0) is 10.0 Å². The molecule has 1 aromatic rings. The Kier molecular flexibility index (Phi) is 5.69. The molecular weight excluding hydrogens is 250 g/mol. The summed E-state index contributed by atoms with van der Waals surface area (Å²) in [5.74, 6) is 5.40. The van der Waals surface area contributed by atoms with E-state index in [1.807, 2.05) is 6.92 Å². The molecule has 0 amide bonds. The zero-order chi connectivity index (χ0) is 13.4. The number of aliphatic hydroxyl groups is 1. The van der Waals surface area contributed by atoms with Crippen LogP contribution in [0.15, 0.2) is 24.3 Å². The summed E-state index contributed by atoms with van der Waals surface area (Å²) in [5.41, 5.74) is 1.27. The summed E-state index contributed by atoms with van der Waals surface area (Å²) in [4.78, 5) is 0. The molecule has 98 valence electrons. The lowest BCUT2D eigenvalue weighted by Crippen LogP contribution is -2.16. The standard InChI is InChI=1S/C13H17NO3S/c1-2-3-11-18(16,17)14-13-8-6-12(7-9-13)5-4-10-15/h6-9,14-15H,2-3,10-11H2,1H3. The molecule has 1 rings (SSSR count). The number of aliphatic hydroxyl groups excluding tert-OH is 1. The molecule has 0 aliphatic rings. The van der Waals surface area contributed by atoms with Gasteiger partial charge in [-0.1, -0.05) is 25.2 Å². The minimum absolute atomic E-state index is 0.134. The van der Waals surface area contributed by atoms with Crippen molar-refractivity contribution in [2.75, 3.05) is 17.1 Å². The molecular formula is C13H17NO3S. The zero-order valence-electron chi connectivity index (χ0n) is 10.3. The van der Waals surface area contributed by atoms with E-state index >= 15 is 0 Å². The Bertz CT molecular complexity index is 524. The first-order valence-corrected chi connectivity index (χ1v) is 7.43. The van der Waals surface area contributed by atoms with Crippen molar-refractivity contribution in [1.29, 1.82) is 0 Å². The van der Waals surface area contributed by atoms with E-state index in [9.17, 15) is 8.42 Å². The Balaban J connectivity index is 2.69. The fourth-order valence-electron chi connectivity index (χ4n) is 1.33. The molecule has 4 nitrogen and oxygen atoms in total. The van der Waals surface area contributed by atoms with Crippen LogP contribution in [0.2, 0.25) is 0 Å². The molecule has 0 bridgehead atoms. The van der Waals surface area contributed by atoms with Crippen molar-refractivity contribution >= 4 is 15.7 Å². The molecule has 0 saturated carbocycles. The third-order valence-electron chi connectivity index (χ3n) is 2.24. The molecule has 0 radical (unpaired) electrons. The van der Waals surface area contributed by atoms with Crippen LogP contribution in [0.1, 0.15) is 25.3 Å². The zero-order valence-corrected chi connectivity index (χ0v) is 11.1. The summed E-state index contributed by atoms with van der Waals surface area (Å²) in [6.45, 7) is 1.76. The lowest BCUT2D eigenvalue weighted by Gasteiger charge is -2.07. The highest BCUT2D eigenvalue weighted by Crippen LogP contribution is 2.11. The summed E-state index contributed by atoms with van der Waals surface area (Å²) < 4.78 is 25.8. The van der Waals surface area contributed by atoms with E-state index in [0.29, 0.717) is 12.1 Å². The maximum absolute atomic E-state index is 11.6. The van der Waals surface area contributed by atoms with Crippen molar-refractivity contribution in [3.63, 3.8) is 0 Å². The maximum Gasteiger partial charge on any atom is 0.232 e. The van der Waals surface area contributed by atoms with E-state index in [4.69, 9.17) is 5.11 Å². The van der Waals surface area contributed by atoms with E-state index in [-0.39, 0.29) is 12.4 Å². The van der Waals surface area contributed by atoms with Crippen LogP contribution in [0.5, 0.6) is 0 Å². The number of rotatable bonds is 5. The number of hydrogen-bond donors (Lipinski definition) is 2. The average Bonchev–Trinajstić information content (AvgIpc) is 2.35. The van der Waals surface area contributed by atoms with Crippen molar-refractivity contribution in [3.05, 3.63) is 29.8 Å². The molecule has 0 fully saturated rings. The van der Waals surface area contributed by atoms with Gasteiger partial charge in [-0.3, -0.25) is 4.72 Å². The molecule has 0 saturated heterocycles. The van der Waals surface area contributed by atoms with Gasteiger partial charge in [-0.2, -0.15) is 0 Å². The molecule has 0 aliphatic carbocycles. The van der Waals surface area contributed by atoms with E-state index in [0.717, 1.165) is 12.0 Å². The maximum atomic E-state index is 11.6. The van der Waals surface area contributed by atoms with Crippen LogP contribution in [0.25, 0.3) is 0 Å². The number of anilines is 1. The van der Waals surface area contributed by atoms with Gasteiger partial charge in [0, 0.05) is 11.3 Å². The monoisotopic (exact) mass is 267 g/mol. The highest BCUT2D eigenvalue weighted by Gasteiger charge is 2.08. The quantitative estimate of drug-likeness (QED) is 0.796. The first-order valence-electron chi connectivity index (χ1n) is 5.77. The van der Waals surface area contributed by atoms with Gasteiger partial charge in [0.05, 0.1) is 5.75 Å². The van der Waals surface area contributed by atoms with E-state index < -0.39 is 10.0 Å². The molecule has 0 unspecified atom stereocenters. The second-order valence-electron chi connectivity index (χ2n) is 3.81. The van der Waals surface area contributed by atoms with Crippen LogP contribution in [0, 0.1) is 11.8 Å². The minimum atomic E-state index is -3.25. The number of unbranched alkanes of at least 4 members (excludes halogenated alkanes) is 1. The lowest BCUT2D eigenvalue weighted by atomic mass is 10.2. The highest BCUT2D eigenvalue weighted by atomic mass is 32.2. The molecule has 0 atom stereocenters. The van der Waals surface area contributed by atoms with Gasteiger partial charge < -0.3 is 5.11 Å². The first-order chi connectivity index (χ1) is 8.57. The Morgan fingerprint density at radius 3 is 2.50 bits per heavy atom. The molecule has 0 heterocycles. The van der Waals surface area contributed by atoms with E-state index in [1.165, 1.54) is 0 Å². The lowest BCUT2D eigenvalue weighted by molar-refractivity contribution is 0.350. The Morgan fingerprint density at radius 2 is 1.94 bits per heavy atom. The fourth-order valence-corrected chi connectivity index (χ4v) is 2.59. The largest absolute Gasteiger partial charge is 0.384 e. The summed E-state index contributed by atoms with van der Waals surface area (Å²) in [5, 5.41) is 8.55. The SMILES string of the molecule is CCCCS(=O)(=O)Nc1ccc(C#CCO)cc1. The highest BCUT2D eigenvalue weighted by molar-refractivity contribution is 7.92. The van der Waals surface area contributed by atoms with Crippen molar-refractivity contribution in [1.82, 2.24) is 0 Å². The van der Waals surface area contributed by atoms with Crippen molar-refractivity contribution in [3.8, 4) is 11.8 Å². The second-order valence-corrected chi connectivity index (χ2v) is 5.65. The number of hydrogen-bond acceptors (Lipinski definition) is 3. The van der Waals surface area contributed by atoms with Crippen LogP contribution < -0.4 is 4.72 Å². The fraction of sp³-hybridized carbons (Fsp3) is 0.385. The molecule has 0 aliphatic heterocycles. The molecule has 5 heteroatoms. The van der Waals surface area contributed by atoms with Crippen molar-refractivity contribution in [2.24, 2.45) is 0 Å². The molecule has 2 N–H and O–H groups in total. The van der Waals surface area contributed by atoms with E-state index in [2.05, 4.69) is 16.6 Å². The molecule has 0 aromatic heterocycles. The Labute approximate surface area is 108 Å². The molecule has 0 spiro atoms. The first kappa shape index (κ1) is 14.6. The van der Waals surface area contributed by atoms with Crippen LogP contribution in [0.4, 0.5) is 5.69 Å². The van der Waals surface area contributed by atoms with Gasteiger partial charge in [-0.15, -0.1) is 0 Å². The van der Waals surface area contributed by atoms with Gasteiger partial charge in [-0.05, 0) is 30.7 Å². The van der Waals surface area contributed by atoms with Crippen LogP contribution >= 0.6 is 0 Å². The third-order valence-corrected chi connectivity index (χ3v) is 3.61. The summed E-state index contributed by atoms with van der Waals surface area (Å²) in [6, 6.07) is 6.73. The average molecular weight is 267 g/mol. The number of nitrogens with one attached hydrogen (secondary N) is 1. The number of benzene rings is 1. The van der Waals surface area contributed by atoms with Gasteiger partial charge in [0.25, 0.3) is 0 Å². The minimum Gasteiger partial charge on any atom is -0.384 e. The van der Waals surface area contributed by atoms with Crippen LogP contribution in [0.3, 0.4) is 0 Å². The van der Waals surface area contributed by atoms with Gasteiger partial charge in [0.15, 0.2) is 0 Å². The predicted molar refractivity (Wildman–Crippen MR) is 72.7 cm³/mol. The Hall–Kier alpha value is -1.51. The van der Waals surface area contributed by atoms with E-state index in [1.54, 1.807) is 24.3 Å². The third kappa shape index (κ3) is 5.21. The smallest absolute Gasteiger partial charge is 0.232 e. The second kappa shape index (κ2) is 7.04. The van der Waals surface area contributed by atoms with Crippen molar-refractivity contribution in [2.45, 2.75) is 19.8 Å². The normalized spacial score (nSPS) is 10.6. The van der Waals surface area contributed by atoms with Gasteiger partial charge in [0.2, 0.25) is 10.0 Å². The van der Waals surface area contributed by atoms with Gasteiger partial charge in [-0.25, -0.2) is 8.42 Å². The topological polar surface area (TPSA) is 66.4 Å². The summed E-state index contributed by atoms with van der Waals surface area (Å²) >= 11 is 0. The summed E-state index contributed by atoms with van der Waals surface area (Å²) in [6.07, 6.45) is 1.49. The van der Waals surface area contributed by atoms with Crippen molar-refractivity contribution < 1.29 is 13.5 Å². The predicted octanol–water partition coefficient (Wildman–Crippen LogP) is 1.57.